The van der Waals surface area contributed by atoms with Crippen molar-refractivity contribution in [2.24, 2.45) is 0 Å². The minimum absolute atomic E-state index is 0. The number of carboxylic acids is 4. The molecule has 0 spiro atoms. The topological polar surface area (TPSA) is 161 Å². The van der Waals surface area contributed by atoms with Gasteiger partial charge in [-0.2, -0.15) is 0 Å². The molecule has 0 bridgehead atoms. The third kappa shape index (κ3) is 13.9. The normalized spacial score (nSPS) is 9.71. The Labute approximate surface area is 357 Å². The van der Waals surface area contributed by atoms with Crippen molar-refractivity contribution < 1.29 is 39.6 Å². The van der Waals surface area contributed by atoms with Gasteiger partial charge in [0.05, 0.1) is 84.1 Å². The summed E-state index contributed by atoms with van der Waals surface area (Å²) in [4.78, 5) is 41.6. The quantitative estimate of drug-likeness (QED) is 0.149. The average Bonchev–Trinajstić information content (AvgIpc) is 3.00. The van der Waals surface area contributed by atoms with E-state index < -0.39 is 23.9 Å². The Morgan fingerprint density at radius 3 is 0.571 bits per heavy atom. The second-order valence-electron chi connectivity index (χ2n) is 8.04. The molecule has 4 rings (SSSR count). The average molecular weight is 1100 g/mol. The monoisotopic (exact) mass is 1100 g/mol. The molecular weight excluding hydrogens is 1100 g/mol. The minimum Gasteiger partial charge on any atom is -0.545 e. The molecule has 0 heterocycles. The summed E-state index contributed by atoms with van der Waals surface area (Å²) in [7, 11) is 0. The Bertz CT molecular complexity index is 1620. The minimum atomic E-state index is -1.38. The van der Waals surface area contributed by atoms with E-state index in [1.807, 2.05) is 0 Å². The van der Waals surface area contributed by atoms with Crippen LogP contribution < -0.4 is 20.4 Å². The van der Waals surface area contributed by atoms with E-state index >= 15 is 0 Å². The third-order valence-corrected chi connectivity index (χ3v) is 10.2. The van der Waals surface area contributed by atoms with Gasteiger partial charge in [0.25, 0.3) is 0 Å². The van der Waals surface area contributed by atoms with Crippen molar-refractivity contribution in [1.29, 1.82) is 0 Å². The summed E-state index contributed by atoms with van der Waals surface area (Å²) in [5, 5.41) is 42.1. The number of hydrogen-bond donors (Lipinski definition) is 0. The smallest absolute Gasteiger partial charge is 0.0785 e. The van der Waals surface area contributed by atoms with Gasteiger partial charge in [0.2, 0.25) is 0 Å². The molecule has 4 aromatic carbocycles. The number of benzene rings is 4. The molecule has 0 amide bonds. The summed E-state index contributed by atoms with van der Waals surface area (Å²) < 4.78 is 0. The van der Waals surface area contributed by atoms with Crippen LogP contribution in [0.2, 0.25) is 60.3 Å². The first-order valence-electron chi connectivity index (χ1n) is 11.5. The standard InChI is InChI=1S/4C7H3Cl3O2.Pb/c4*8-4-2-1-3(7(11)12)5(9)6(4)10;/h4*1-2H,(H,11,12);/p-4. The second-order valence-corrected chi connectivity index (χ2v) is 12.7. The first kappa shape index (κ1) is 48.2. The van der Waals surface area contributed by atoms with Crippen LogP contribution in [0.15, 0.2) is 48.5 Å². The fourth-order valence-corrected chi connectivity index (χ4v) is 5.18. The van der Waals surface area contributed by atoms with Gasteiger partial charge in [-0.25, -0.2) is 0 Å². The molecule has 4 aromatic rings. The largest absolute Gasteiger partial charge is 0.545 e. The van der Waals surface area contributed by atoms with E-state index in [0.717, 1.165) is 0 Å². The molecule has 0 aliphatic heterocycles. The number of rotatable bonds is 4. The predicted molar refractivity (Wildman–Crippen MR) is 189 cm³/mol. The van der Waals surface area contributed by atoms with Gasteiger partial charge in [0.1, 0.15) is 0 Å². The molecule has 260 valence electrons. The predicted octanol–water partition coefficient (Wildman–Crippen LogP) is 7.66. The SMILES string of the molecule is O=C([O-])c1ccc(Cl)c(Cl)c1Cl.O=C([O-])c1ccc(Cl)c(Cl)c1Cl.O=C([O-])c1ccc(Cl)c(Cl)c1Cl.O=C([O-])c1ccc(Cl)c(Cl)c1Cl.[Pb]. The number of carboxylic acid groups (broad SMARTS) is 4. The van der Waals surface area contributed by atoms with Gasteiger partial charge in [-0.05, 0) is 24.3 Å². The van der Waals surface area contributed by atoms with Crippen LogP contribution in [-0.2, 0) is 0 Å². The van der Waals surface area contributed by atoms with Gasteiger partial charge in [-0.1, -0.05) is 163 Å². The zero-order valence-corrected chi connectivity index (χ0v) is 35.9. The zero-order valence-electron chi connectivity index (χ0n) is 22.9. The number of aromatic carboxylic acids is 4. The molecular formula is C28H8Cl12O8Pb-4. The maximum Gasteiger partial charge on any atom is 0.0785 e. The van der Waals surface area contributed by atoms with Crippen molar-refractivity contribution in [2.75, 3.05) is 0 Å². The van der Waals surface area contributed by atoms with Gasteiger partial charge in [0, 0.05) is 49.6 Å². The Kier molecular flexibility index (Phi) is 21.9. The Hall–Kier alpha value is -0.838. The van der Waals surface area contributed by atoms with E-state index in [1.54, 1.807) is 0 Å². The van der Waals surface area contributed by atoms with Crippen LogP contribution in [0, 0.1) is 0 Å². The van der Waals surface area contributed by atoms with E-state index in [4.69, 9.17) is 139 Å². The molecule has 8 nitrogen and oxygen atoms in total. The summed E-state index contributed by atoms with van der Waals surface area (Å²) in [5.74, 6) is -5.51. The summed E-state index contributed by atoms with van der Waals surface area (Å²) in [5.41, 5.74) is -0.644. The van der Waals surface area contributed by atoms with Crippen molar-refractivity contribution in [2.45, 2.75) is 0 Å². The van der Waals surface area contributed by atoms with Crippen LogP contribution in [0.5, 0.6) is 0 Å². The molecule has 0 aromatic heterocycles. The molecule has 0 saturated heterocycles. The van der Waals surface area contributed by atoms with Crippen molar-refractivity contribution in [3.63, 3.8) is 0 Å². The molecule has 0 unspecified atom stereocenters. The van der Waals surface area contributed by atoms with Gasteiger partial charge in [-0.3, -0.25) is 0 Å². The maximum absolute atomic E-state index is 10.4. The third-order valence-electron chi connectivity index (χ3n) is 5.02. The summed E-state index contributed by atoms with van der Waals surface area (Å²) >= 11 is 66.8. The van der Waals surface area contributed by atoms with Crippen molar-refractivity contribution in [1.82, 2.24) is 0 Å². The number of carbonyl (C=O) groups is 4. The van der Waals surface area contributed by atoms with E-state index in [-0.39, 0.29) is 110 Å². The van der Waals surface area contributed by atoms with Crippen molar-refractivity contribution in [3.8, 4) is 0 Å². The molecule has 21 heteroatoms. The molecule has 0 saturated carbocycles. The van der Waals surface area contributed by atoms with Gasteiger partial charge >= 0.3 is 0 Å². The Balaban J connectivity index is 0.000000623. The van der Waals surface area contributed by atoms with Crippen LogP contribution in [-0.4, -0.2) is 51.2 Å². The van der Waals surface area contributed by atoms with E-state index in [1.165, 1.54) is 48.5 Å². The molecule has 0 aliphatic rings. The molecule has 0 N–H and O–H groups in total. The van der Waals surface area contributed by atoms with Crippen molar-refractivity contribution >= 4 is 190 Å². The van der Waals surface area contributed by atoms with E-state index in [0.29, 0.717) is 0 Å². The Morgan fingerprint density at radius 2 is 0.449 bits per heavy atom. The molecule has 0 aliphatic carbocycles. The van der Waals surface area contributed by atoms with Crippen LogP contribution >= 0.6 is 139 Å². The van der Waals surface area contributed by atoms with Gasteiger partial charge < -0.3 is 39.6 Å². The summed E-state index contributed by atoms with van der Waals surface area (Å²) in [6.07, 6.45) is 0. The van der Waals surface area contributed by atoms with Crippen LogP contribution in [0.1, 0.15) is 41.4 Å². The van der Waals surface area contributed by atoms with Gasteiger partial charge in [-0.15, -0.1) is 0 Å². The number of carbonyl (C=O) groups excluding carboxylic acids is 4. The molecule has 49 heavy (non-hydrogen) atoms. The van der Waals surface area contributed by atoms with Crippen molar-refractivity contribution in [3.05, 3.63) is 131 Å². The fourth-order valence-electron chi connectivity index (χ4n) is 2.73. The summed E-state index contributed by atoms with van der Waals surface area (Å²) in [6.45, 7) is 0. The Morgan fingerprint density at radius 1 is 0.306 bits per heavy atom. The van der Waals surface area contributed by atoms with Gasteiger partial charge in [0.15, 0.2) is 0 Å². The van der Waals surface area contributed by atoms with E-state index in [2.05, 4.69) is 0 Å². The molecule has 0 atom stereocenters. The fraction of sp³-hybridized carbons (Fsp3) is 0. The number of hydrogen-bond acceptors (Lipinski definition) is 8. The molecule has 0 fully saturated rings. The van der Waals surface area contributed by atoms with Crippen LogP contribution in [0.3, 0.4) is 0 Å². The second kappa shape index (κ2) is 22.3. The van der Waals surface area contributed by atoms with Crippen LogP contribution in [0.25, 0.3) is 0 Å². The van der Waals surface area contributed by atoms with E-state index in [9.17, 15) is 39.6 Å². The first-order chi connectivity index (χ1) is 22.1. The zero-order chi connectivity index (χ0) is 37.2. The maximum atomic E-state index is 10.4. The number of halogens is 12. The van der Waals surface area contributed by atoms with Crippen LogP contribution in [0.4, 0.5) is 0 Å². The molecule has 4 radical (unpaired) electrons. The first-order valence-corrected chi connectivity index (χ1v) is 16.1. The summed E-state index contributed by atoms with van der Waals surface area (Å²) in [6, 6.07) is 10.4.